The molecule has 0 unspecified atom stereocenters. The number of aromatic nitrogens is 1. The molecule has 36 heavy (non-hydrogen) atoms. The molecule has 4 nitrogen and oxygen atoms in total. The molecule has 0 fully saturated rings. The van der Waals surface area contributed by atoms with Crippen LogP contribution in [0.15, 0.2) is 131 Å². The lowest BCUT2D eigenvalue weighted by Gasteiger charge is -2.25. The Labute approximate surface area is 210 Å². The molecule has 5 aromatic rings. The molecule has 0 aliphatic carbocycles. The van der Waals surface area contributed by atoms with Crippen LogP contribution in [-0.2, 0) is 13.0 Å². The molecule has 1 aromatic heterocycles. The lowest BCUT2D eigenvalue weighted by Crippen LogP contribution is -2.31. The zero-order valence-electron chi connectivity index (χ0n) is 19.9. The number of para-hydroxylation sites is 2. The SMILES string of the molecule is C=C=c1o/c(=C/c2ccc(N(c3ccccc3)c3ccccc3)cc2)c(=O)n1CCc1ccccc1. The minimum atomic E-state index is -0.184. The molecule has 0 radical (unpaired) electrons. The first-order valence-electron chi connectivity index (χ1n) is 11.9. The highest BCUT2D eigenvalue weighted by molar-refractivity contribution is 5.76. The van der Waals surface area contributed by atoms with Gasteiger partial charge in [-0.05, 0) is 60.0 Å². The van der Waals surface area contributed by atoms with Crippen LogP contribution in [0.1, 0.15) is 11.1 Å². The molecule has 176 valence electrons. The number of benzene rings is 4. The summed E-state index contributed by atoms with van der Waals surface area (Å²) in [5.41, 5.74) is 8.37. The van der Waals surface area contributed by atoms with E-state index < -0.39 is 0 Å². The summed E-state index contributed by atoms with van der Waals surface area (Å²) >= 11 is 0. The summed E-state index contributed by atoms with van der Waals surface area (Å²) in [6, 6.07) is 38.6. The fourth-order valence-corrected chi connectivity index (χ4v) is 4.21. The van der Waals surface area contributed by atoms with E-state index in [9.17, 15) is 4.79 Å². The molecule has 4 aromatic carbocycles. The van der Waals surface area contributed by atoms with Crippen LogP contribution in [0.5, 0.6) is 0 Å². The number of anilines is 3. The van der Waals surface area contributed by atoms with Crippen LogP contribution in [0, 0.1) is 0 Å². The average molecular weight is 471 g/mol. The third-order valence-corrected chi connectivity index (χ3v) is 6.00. The minimum Gasteiger partial charge on any atom is -0.428 e. The molecule has 4 heteroatoms. The fourth-order valence-electron chi connectivity index (χ4n) is 4.21. The predicted molar refractivity (Wildman–Crippen MR) is 146 cm³/mol. The molecule has 0 atom stereocenters. The van der Waals surface area contributed by atoms with Crippen LogP contribution in [0.2, 0.25) is 0 Å². The van der Waals surface area contributed by atoms with E-state index in [-0.39, 0.29) is 11.0 Å². The predicted octanol–water partition coefficient (Wildman–Crippen LogP) is 5.55. The minimum absolute atomic E-state index is 0.184. The first-order chi connectivity index (χ1) is 17.7. The Bertz CT molecular complexity index is 1590. The Morgan fingerprint density at radius 3 is 1.83 bits per heavy atom. The van der Waals surface area contributed by atoms with Gasteiger partial charge in [-0.3, -0.25) is 9.36 Å². The Hall–Kier alpha value is -4.79. The smallest absolute Gasteiger partial charge is 0.296 e. The normalized spacial score (nSPS) is 11.3. The molecule has 0 N–H and O–H groups in total. The summed E-state index contributed by atoms with van der Waals surface area (Å²) in [5.74, 6) is 0. The number of rotatable bonds is 7. The second-order valence-electron chi connectivity index (χ2n) is 8.38. The quantitative estimate of drug-likeness (QED) is 0.313. The van der Waals surface area contributed by atoms with Gasteiger partial charge in [-0.15, -0.1) is 0 Å². The second-order valence-corrected chi connectivity index (χ2v) is 8.38. The van der Waals surface area contributed by atoms with Crippen molar-refractivity contribution in [2.24, 2.45) is 0 Å². The Morgan fingerprint density at radius 1 is 0.750 bits per heavy atom. The fraction of sp³-hybridized carbons (Fsp3) is 0.0625. The van der Waals surface area contributed by atoms with Crippen LogP contribution in [0.4, 0.5) is 17.1 Å². The summed E-state index contributed by atoms with van der Waals surface area (Å²) in [6.45, 7) is 4.20. The van der Waals surface area contributed by atoms with Crippen molar-refractivity contribution in [2.75, 3.05) is 4.90 Å². The third kappa shape index (κ3) is 5.00. The topological polar surface area (TPSA) is 38.4 Å². The lowest BCUT2D eigenvalue weighted by atomic mass is 10.1. The van der Waals surface area contributed by atoms with Crippen LogP contribution in [0.25, 0.3) is 11.8 Å². The highest BCUT2D eigenvalue weighted by Gasteiger charge is 2.12. The molecule has 0 aliphatic rings. The van der Waals surface area contributed by atoms with Gasteiger partial charge in [0.1, 0.15) is 0 Å². The van der Waals surface area contributed by atoms with E-state index in [0.29, 0.717) is 12.1 Å². The summed E-state index contributed by atoms with van der Waals surface area (Å²) in [4.78, 5) is 15.3. The van der Waals surface area contributed by atoms with Gasteiger partial charge in [0.2, 0.25) is 5.55 Å². The lowest BCUT2D eigenvalue weighted by molar-refractivity contribution is 0.464. The van der Waals surface area contributed by atoms with Crippen LogP contribution >= 0.6 is 0 Å². The van der Waals surface area contributed by atoms with E-state index >= 15 is 0 Å². The van der Waals surface area contributed by atoms with E-state index in [0.717, 1.165) is 34.6 Å². The van der Waals surface area contributed by atoms with Gasteiger partial charge in [-0.25, -0.2) is 0 Å². The van der Waals surface area contributed by atoms with E-state index in [1.807, 2.05) is 91.0 Å². The Morgan fingerprint density at radius 2 is 1.28 bits per heavy atom. The molecular formula is C32H26N2O2. The van der Waals surface area contributed by atoms with E-state index in [1.165, 1.54) is 0 Å². The molecule has 0 saturated heterocycles. The van der Waals surface area contributed by atoms with Gasteiger partial charge in [-0.2, -0.15) is 0 Å². The van der Waals surface area contributed by atoms with Crippen molar-refractivity contribution in [3.05, 3.63) is 154 Å². The van der Waals surface area contributed by atoms with Gasteiger partial charge >= 0.3 is 0 Å². The van der Waals surface area contributed by atoms with E-state index in [2.05, 4.69) is 41.5 Å². The monoisotopic (exact) mass is 470 g/mol. The molecule has 0 aliphatic heterocycles. The molecule has 1 heterocycles. The number of aryl methyl sites for hydroxylation is 1. The molecule has 0 amide bonds. The van der Waals surface area contributed by atoms with Crippen LogP contribution in [0.3, 0.4) is 0 Å². The molecular weight excluding hydrogens is 444 g/mol. The zero-order valence-corrected chi connectivity index (χ0v) is 19.9. The number of hydrogen-bond donors (Lipinski definition) is 0. The van der Waals surface area contributed by atoms with E-state index in [1.54, 1.807) is 10.6 Å². The van der Waals surface area contributed by atoms with Crippen molar-refractivity contribution in [3.63, 3.8) is 0 Å². The Balaban J connectivity index is 1.46. The summed E-state index contributed by atoms with van der Waals surface area (Å²) in [7, 11) is 0. The van der Waals surface area contributed by atoms with Gasteiger partial charge in [0, 0.05) is 23.6 Å². The maximum Gasteiger partial charge on any atom is 0.296 e. The molecule has 0 bridgehead atoms. The van der Waals surface area contributed by atoms with Crippen molar-refractivity contribution >= 4 is 28.9 Å². The third-order valence-electron chi connectivity index (χ3n) is 6.00. The van der Waals surface area contributed by atoms with E-state index in [4.69, 9.17) is 4.42 Å². The van der Waals surface area contributed by atoms with Crippen molar-refractivity contribution < 1.29 is 4.42 Å². The van der Waals surface area contributed by atoms with Gasteiger partial charge in [0.05, 0.1) is 0 Å². The number of oxazole rings is 1. The van der Waals surface area contributed by atoms with Crippen LogP contribution in [-0.4, -0.2) is 4.57 Å². The van der Waals surface area contributed by atoms with Crippen molar-refractivity contribution in [3.8, 4) is 0 Å². The molecule has 0 saturated carbocycles. The second kappa shape index (κ2) is 10.6. The van der Waals surface area contributed by atoms with Crippen molar-refractivity contribution in [2.45, 2.75) is 13.0 Å². The molecule has 5 rings (SSSR count). The standard InChI is InChI=1S/C32H26N2O2/c1-2-31-33(23-22-25-12-6-3-7-13-25)32(35)30(36-31)24-26-18-20-29(21-19-26)34(27-14-8-4-9-15-27)28-16-10-5-11-17-28/h3-21,24H,1,22-23H2/b30-24+. The summed E-state index contributed by atoms with van der Waals surface area (Å²) in [6.07, 6.45) is 2.49. The maximum atomic E-state index is 13.1. The largest absolute Gasteiger partial charge is 0.428 e. The van der Waals surface area contributed by atoms with Gasteiger partial charge in [0.25, 0.3) is 5.56 Å². The van der Waals surface area contributed by atoms with Crippen molar-refractivity contribution in [1.29, 1.82) is 0 Å². The number of nitrogens with zero attached hydrogens (tertiary/aromatic N) is 2. The summed E-state index contributed by atoms with van der Waals surface area (Å²) in [5, 5.41) is 0. The Kier molecular flexibility index (Phi) is 6.79. The van der Waals surface area contributed by atoms with Crippen LogP contribution < -0.4 is 21.4 Å². The zero-order chi connectivity index (χ0) is 24.7. The first kappa shape index (κ1) is 23.0. The van der Waals surface area contributed by atoms with Gasteiger partial charge in [0.15, 0.2) is 5.42 Å². The van der Waals surface area contributed by atoms with Gasteiger partial charge in [-0.1, -0.05) is 91.2 Å². The van der Waals surface area contributed by atoms with Gasteiger partial charge < -0.3 is 9.32 Å². The summed E-state index contributed by atoms with van der Waals surface area (Å²) < 4.78 is 7.40. The highest BCUT2D eigenvalue weighted by Crippen LogP contribution is 2.34. The number of hydrogen-bond acceptors (Lipinski definition) is 3. The maximum absolute atomic E-state index is 13.1. The van der Waals surface area contributed by atoms with Crippen molar-refractivity contribution in [1.82, 2.24) is 4.57 Å². The average Bonchev–Trinajstić information content (AvgIpc) is 3.24. The molecule has 0 spiro atoms. The first-order valence-corrected chi connectivity index (χ1v) is 11.9. The highest BCUT2D eigenvalue weighted by atomic mass is 16.4.